The Labute approximate surface area is 299 Å². The lowest BCUT2D eigenvalue weighted by atomic mass is 9.85. The van der Waals surface area contributed by atoms with E-state index >= 15 is 0 Å². The van der Waals surface area contributed by atoms with Gasteiger partial charge in [0, 0.05) is 11.1 Å². The number of oxazole rings is 2. The number of benzene rings is 7. The number of rotatable bonds is 6. The fourth-order valence-electron chi connectivity index (χ4n) is 7.51. The van der Waals surface area contributed by atoms with Crippen molar-refractivity contribution in [2.75, 3.05) is 0 Å². The Hall–Kier alpha value is -7.11. The average molecular weight is 668 g/mol. The van der Waals surface area contributed by atoms with Crippen LogP contribution in [0.2, 0.25) is 0 Å². The van der Waals surface area contributed by atoms with Crippen LogP contribution in [0.4, 0.5) is 0 Å². The summed E-state index contributed by atoms with van der Waals surface area (Å²) in [4.78, 5) is 14.0. The predicted molar refractivity (Wildman–Crippen MR) is 209 cm³/mol. The molecular formula is C47H29N3O2. The van der Waals surface area contributed by atoms with E-state index in [9.17, 15) is 0 Å². The zero-order valence-electron chi connectivity index (χ0n) is 27.9. The molecule has 244 valence electrons. The van der Waals surface area contributed by atoms with Crippen LogP contribution in [0.15, 0.2) is 186 Å². The van der Waals surface area contributed by atoms with Crippen LogP contribution < -0.4 is 0 Å². The number of hydrogen-bond donors (Lipinski definition) is 0. The van der Waals surface area contributed by atoms with Crippen molar-refractivity contribution in [1.29, 1.82) is 0 Å². The molecule has 0 saturated heterocycles. The topological polar surface area (TPSA) is 65.0 Å². The highest BCUT2D eigenvalue weighted by Crippen LogP contribution is 2.45. The Morgan fingerprint density at radius 3 is 1.77 bits per heavy atom. The number of pyridine rings is 1. The summed E-state index contributed by atoms with van der Waals surface area (Å²) in [6, 6.07) is 54.0. The summed E-state index contributed by atoms with van der Waals surface area (Å²) < 4.78 is 10.7. The quantitative estimate of drug-likeness (QED) is 0.165. The van der Waals surface area contributed by atoms with Crippen LogP contribution in [-0.4, -0.2) is 15.0 Å². The molecule has 0 N–H and O–H groups in total. The van der Waals surface area contributed by atoms with Crippen molar-refractivity contribution < 1.29 is 8.83 Å². The van der Waals surface area contributed by atoms with Gasteiger partial charge in [-0.05, 0) is 90.0 Å². The maximum atomic E-state index is 5.35. The van der Waals surface area contributed by atoms with E-state index in [-0.39, 0.29) is 0 Å². The van der Waals surface area contributed by atoms with Gasteiger partial charge in [-0.2, -0.15) is 0 Å². The SMILES string of the molecule is c1cc(-c2cocn2)cc(-c2c3ccccc3c(-c3cccc(-c4cocn4)n3)c3ccc(-c4ccc(-c5cccc6ccccc56)cc4)cc23)c1. The average Bonchev–Trinajstić information content (AvgIpc) is 3.96. The molecule has 0 unspecified atom stereocenters. The first-order valence-corrected chi connectivity index (χ1v) is 17.2. The maximum Gasteiger partial charge on any atom is 0.181 e. The van der Waals surface area contributed by atoms with Gasteiger partial charge in [-0.3, -0.25) is 0 Å². The van der Waals surface area contributed by atoms with Crippen LogP contribution in [0.3, 0.4) is 0 Å². The number of aromatic nitrogens is 3. The van der Waals surface area contributed by atoms with Gasteiger partial charge in [0.05, 0.1) is 11.4 Å². The summed E-state index contributed by atoms with van der Waals surface area (Å²) in [5, 5.41) is 6.99. The highest BCUT2D eigenvalue weighted by Gasteiger charge is 2.19. The van der Waals surface area contributed by atoms with Gasteiger partial charge < -0.3 is 8.83 Å². The molecule has 0 fully saturated rings. The summed E-state index contributed by atoms with van der Waals surface area (Å²) in [6.07, 6.45) is 6.23. The minimum Gasteiger partial charge on any atom is -0.451 e. The van der Waals surface area contributed by atoms with Crippen molar-refractivity contribution in [3.8, 4) is 67.3 Å². The summed E-state index contributed by atoms with van der Waals surface area (Å²) in [5.41, 5.74) is 12.2. The van der Waals surface area contributed by atoms with Crippen LogP contribution in [0.5, 0.6) is 0 Å². The molecular weight excluding hydrogens is 639 g/mol. The Balaban J connectivity index is 1.20. The van der Waals surface area contributed by atoms with E-state index in [4.69, 9.17) is 13.8 Å². The zero-order valence-corrected chi connectivity index (χ0v) is 27.9. The minimum absolute atomic E-state index is 0.700. The third-order valence-electron chi connectivity index (χ3n) is 9.92. The van der Waals surface area contributed by atoms with E-state index in [1.165, 1.54) is 34.7 Å². The van der Waals surface area contributed by atoms with Crippen molar-refractivity contribution in [2.45, 2.75) is 0 Å². The lowest BCUT2D eigenvalue weighted by Gasteiger charge is -2.19. The van der Waals surface area contributed by atoms with E-state index in [0.717, 1.165) is 72.0 Å². The van der Waals surface area contributed by atoms with Gasteiger partial charge in [-0.15, -0.1) is 0 Å². The van der Waals surface area contributed by atoms with E-state index in [2.05, 4.69) is 149 Å². The summed E-state index contributed by atoms with van der Waals surface area (Å²) >= 11 is 0. The first kappa shape index (κ1) is 29.8. The number of nitrogens with zero attached hydrogens (tertiary/aromatic N) is 3. The lowest BCUT2D eigenvalue weighted by Crippen LogP contribution is -1.94. The minimum atomic E-state index is 0.700. The second kappa shape index (κ2) is 12.3. The molecule has 0 aliphatic carbocycles. The van der Waals surface area contributed by atoms with Crippen molar-refractivity contribution in [1.82, 2.24) is 15.0 Å². The van der Waals surface area contributed by atoms with Gasteiger partial charge in [-0.25, -0.2) is 15.0 Å². The van der Waals surface area contributed by atoms with E-state index < -0.39 is 0 Å². The third-order valence-corrected chi connectivity index (χ3v) is 9.92. The van der Waals surface area contributed by atoms with Crippen LogP contribution >= 0.6 is 0 Å². The number of fused-ring (bicyclic) bond motifs is 3. The molecule has 0 radical (unpaired) electrons. The number of hydrogen-bond acceptors (Lipinski definition) is 5. The molecule has 0 bridgehead atoms. The monoisotopic (exact) mass is 667 g/mol. The molecule has 52 heavy (non-hydrogen) atoms. The summed E-state index contributed by atoms with van der Waals surface area (Å²) in [7, 11) is 0. The second-order valence-electron chi connectivity index (χ2n) is 12.9. The van der Waals surface area contributed by atoms with Gasteiger partial charge >= 0.3 is 0 Å². The zero-order chi connectivity index (χ0) is 34.4. The van der Waals surface area contributed by atoms with E-state index in [1.54, 1.807) is 12.5 Å². The Morgan fingerprint density at radius 1 is 0.346 bits per heavy atom. The summed E-state index contributed by atoms with van der Waals surface area (Å²) in [5.74, 6) is 0. The molecule has 5 heteroatoms. The van der Waals surface area contributed by atoms with Gasteiger partial charge in [0.25, 0.3) is 0 Å². The second-order valence-corrected chi connectivity index (χ2v) is 12.9. The van der Waals surface area contributed by atoms with Crippen LogP contribution in [0.1, 0.15) is 0 Å². The van der Waals surface area contributed by atoms with Gasteiger partial charge in [0.1, 0.15) is 23.9 Å². The Morgan fingerprint density at radius 2 is 0.962 bits per heavy atom. The molecule has 0 spiro atoms. The fourth-order valence-corrected chi connectivity index (χ4v) is 7.51. The lowest BCUT2D eigenvalue weighted by molar-refractivity contribution is 0.558. The summed E-state index contributed by atoms with van der Waals surface area (Å²) in [6.45, 7) is 0. The van der Waals surface area contributed by atoms with E-state index in [0.29, 0.717) is 5.69 Å². The van der Waals surface area contributed by atoms with Crippen LogP contribution in [0, 0.1) is 0 Å². The molecule has 10 rings (SSSR count). The smallest absolute Gasteiger partial charge is 0.181 e. The van der Waals surface area contributed by atoms with Crippen LogP contribution in [-0.2, 0) is 0 Å². The van der Waals surface area contributed by atoms with Gasteiger partial charge in [0.2, 0.25) is 0 Å². The molecule has 0 atom stereocenters. The van der Waals surface area contributed by atoms with E-state index in [1.807, 2.05) is 12.1 Å². The van der Waals surface area contributed by atoms with Crippen LogP contribution in [0.25, 0.3) is 99.6 Å². The Bertz CT molecular complexity index is 2890. The standard InChI is InChI=1S/C47H29N3O2/c1-2-12-36-31(8-1)9-6-15-37(36)32-20-18-30(19-21-32)33-22-23-40-41(25-33)46(35-11-5-10-34(24-35)44-26-51-28-48-44)38-13-3-4-14-39(38)47(40)43-17-7-16-42(50-43)45-27-52-29-49-45/h1-29H. The molecule has 0 aliphatic rings. The molecule has 7 aromatic carbocycles. The predicted octanol–water partition coefficient (Wildman–Crippen LogP) is 12.5. The highest BCUT2D eigenvalue weighted by molar-refractivity contribution is 6.21. The first-order valence-electron chi connectivity index (χ1n) is 17.2. The first-order chi connectivity index (χ1) is 25.8. The molecule has 0 saturated carbocycles. The third kappa shape index (κ3) is 5.07. The van der Waals surface area contributed by atoms with Gasteiger partial charge in [0.15, 0.2) is 12.8 Å². The highest BCUT2D eigenvalue weighted by atomic mass is 16.3. The molecule has 3 aromatic heterocycles. The molecule has 0 aliphatic heterocycles. The maximum absolute atomic E-state index is 5.35. The largest absolute Gasteiger partial charge is 0.451 e. The molecule has 10 aromatic rings. The molecule has 3 heterocycles. The van der Waals surface area contributed by atoms with Crippen molar-refractivity contribution in [2.24, 2.45) is 0 Å². The Kier molecular flexibility index (Phi) is 7.07. The van der Waals surface area contributed by atoms with Gasteiger partial charge in [-0.1, -0.05) is 127 Å². The molecule has 5 nitrogen and oxygen atoms in total. The van der Waals surface area contributed by atoms with Crippen molar-refractivity contribution in [3.05, 3.63) is 177 Å². The normalized spacial score (nSPS) is 11.5. The van der Waals surface area contributed by atoms with Crippen molar-refractivity contribution in [3.63, 3.8) is 0 Å². The molecule has 0 amide bonds. The fraction of sp³-hybridized carbons (Fsp3) is 0. The van der Waals surface area contributed by atoms with Crippen molar-refractivity contribution >= 4 is 32.3 Å².